The summed E-state index contributed by atoms with van der Waals surface area (Å²) in [5.41, 5.74) is 0.423. The van der Waals surface area contributed by atoms with E-state index in [0.717, 1.165) is 11.6 Å². The summed E-state index contributed by atoms with van der Waals surface area (Å²) in [6.45, 7) is 3.59. The van der Waals surface area contributed by atoms with Crippen molar-refractivity contribution in [1.29, 1.82) is 0 Å². The van der Waals surface area contributed by atoms with Crippen LogP contribution in [0.2, 0.25) is 5.02 Å². The summed E-state index contributed by atoms with van der Waals surface area (Å²) in [4.78, 5) is 0. The van der Waals surface area contributed by atoms with Crippen LogP contribution in [0.3, 0.4) is 0 Å². The Labute approximate surface area is 118 Å². The predicted octanol–water partition coefficient (Wildman–Crippen LogP) is 4.58. The fourth-order valence-electron chi connectivity index (χ4n) is 1.87. The van der Waals surface area contributed by atoms with Gasteiger partial charge in [0, 0.05) is 12.1 Å². The molecule has 108 valence electrons. The smallest absolute Gasteiger partial charge is 0.379 e. The second-order valence-electron chi connectivity index (χ2n) is 4.32. The van der Waals surface area contributed by atoms with E-state index in [4.69, 9.17) is 16.1 Å². The molecule has 7 heteroatoms. The van der Waals surface area contributed by atoms with Crippen LogP contribution in [0.15, 0.2) is 22.7 Å². The molecule has 20 heavy (non-hydrogen) atoms. The van der Waals surface area contributed by atoms with E-state index in [0.29, 0.717) is 11.5 Å². The number of rotatable bonds is 3. The van der Waals surface area contributed by atoms with Gasteiger partial charge in [0.15, 0.2) is 0 Å². The van der Waals surface area contributed by atoms with Crippen molar-refractivity contribution in [2.45, 2.75) is 26.6 Å². The Hall–Kier alpha value is -1.69. The molecule has 1 aromatic carbocycles. The van der Waals surface area contributed by atoms with E-state index in [9.17, 15) is 13.2 Å². The highest BCUT2D eigenvalue weighted by Crippen LogP contribution is 2.38. The molecule has 0 atom stereocenters. The number of hydrogen-bond acceptors (Lipinski definition) is 3. The molecule has 0 aliphatic rings. The summed E-state index contributed by atoms with van der Waals surface area (Å²) >= 11 is 5.85. The van der Waals surface area contributed by atoms with Crippen molar-refractivity contribution in [3.8, 4) is 0 Å². The lowest BCUT2D eigenvalue weighted by molar-refractivity contribution is -0.136. The van der Waals surface area contributed by atoms with Gasteiger partial charge in [-0.1, -0.05) is 22.8 Å². The standard InChI is InChI=1S/C13H12ClF3N2O/c1-7-9(8(2)20-19-7)6-18-12-10(13(15,16)17)4-3-5-11(12)14/h3-5,18H,6H2,1-2H3. The van der Waals surface area contributed by atoms with Gasteiger partial charge in [0.1, 0.15) is 5.76 Å². The van der Waals surface area contributed by atoms with E-state index in [2.05, 4.69) is 10.5 Å². The number of alkyl halides is 3. The number of aromatic nitrogens is 1. The molecule has 0 spiro atoms. The van der Waals surface area contributed by atoms with Gasteiger partial charge in [-0.25, -0.2) is 0 Å². The number of aryl methyl sites for hydroxylation is 2. The van der Waals surface area contributed by atoms with E-state index in [1.54, 1.807) is 13.8 Å². The van der Waals surface area contributed by atoms with Gasteiger partial charge >= 0.3 is 6.18 Å². The van der Waals surface area contributed by atoms with Crippen LogP contribution in [0.5, 0.6) is 0 Å². The van der Waals surface area contributed by atoms with Crippen molar-refractivity contribution in [1.82, 2.24) is 5.16 Å². The van der Waals surface area contributed by atoms with Crippen molar-refractivity contribution < 1.29 is 17.7 Å². The van der Waals surface area contributed by atoms with Crippen LogP contribution in [0.25, 0.3) is 0 Å². The third kappa shape index (κ3) is 2.90. The number of nitrogens with one attached hydrogen (secondary N) is 1. The highest BCUT2D eigenvalue weighted by Gasteiger charge is 2.34. The van der Waals surface area contributed by atoms with Crippen molar-refractivity contribution in [3.63, 3.8) is 0 Å². The number of halogens is 4. The molecule has 0 bridgehead atoms. The SMILES string of the molecule is Cc1noc(C)c1CNc1c(Cl)cccc1C(F)(F)F. The third-order valence-corrected chi connectivity index (χ3v) is 3.26. The molecule has 0 amide bonds. The van der Waals surface area contributed by atoms with Gasteiger partial charge in [0.25, 0.3) is 0 Å². The number of hydrogen-bond donors (Lipinski definition) is 1. The summed E-state index contributed by atoms with van der Waals surface area (Å²) in [5, 5.41) is 6.49. The Morgan fingerprint density at radius 3 is 2.55 bits per heavy atom. The molecule has 0 fully saturated rings. The minimum Gasteiger partial charge on any atom is -0.379 e. The monoisotopic (exact) mass is 304 g/mol. The summed E-state index contributed by atoms with van der Waals surface area (Å²) in [7, 11) is 0. The van der Waals surface area contributed by atoms with Crippen LogP contribution in [-0.2, 0) is 12.7 Å². The van der Waals surface area contributed by atoms with E-state index < -0.39 is 11.7 Å². The first kappa shape index (κ1) is 14.7. The summed E-state index contributed by atoms with van der Waals surface area (Å²) < 4.78 is 43.7. The Kier molecular flexibility index (Phi) is 3.94. The van der Waals surface area contributed by atoms with Crippen LogP contribution < -0.4 is 5.32 Å². The lowest BCUT2D eigenvalue weighted by Gasteiger charge is -2.15. The lowest BCUT2D eigenvalue weighted by Crippen LogP contribution is -2.11. The Morgan fingerprint density at radius 2 is 2.00 bits per heavy atom. The average molecular weight is 305 g/mol. The maximum atomic E-state index is 12.9. The predicted molar refractivity (Wildman–Crippen MR) is 69.8 cm³/mol. The number of anilines is 1. The second-order valence-corrected chi connectivity index (χ2v) is 4.72. The molecule has 0 radical (unpaired) electrons. The van der Waals surface area contributed by atoms with Gasteiger partial charge in [0.2, 0.25) is 0 Å². The molecule has 1 heterocycles. The first-order chi connectivity index (χ1) is 9.30. The first-order valence-electron chi connectivity index (χ1n) is 5.82. The Bertz CT molecular complexity index is 603. The van der Waals surface area contributed by atoms with Crippen molar-refractivity contribution in [3.05, 3.63) is 45.8 Å². The van der Waals surface area contributed by atoms with Crippen LogP contribution >= 0.6 is 11.6 Å². The first-order valence-corrected chi connectivity index (χ1v) is 6.20. The zero-order valence-corrected chi connectivity index (χ0v) is 11.6. The van der Waals surface area contributed by atoms with Crippen LogP contribution in [0.1, 0.15) is 22.6 Å². The maximum Gasteiger partial charge on any atom is 0.418 e. The van der Waals surface area contributed by atoms with Gasteiger partial charge < -0.3 is 9.84 Å². The van der Waals surface area contributed by atoms with Gasteiger partial charge in [0.05, 0.1) is 22.0 Å². The summed E-state index contributed by atoms with van der Waals surface area (Å²) in [6.07, 6.45) is -4.47. The fourth-order valence-corrected chi connectivity index (χ4v) is 2.11. The minimum absolute atomic E-state index is 0.0200. The molecule has 2 rings (SSSR count). The average Bonchev–Trinajstić information content (AvgIpc) is 2.66. The molecular weight excluding hydrogens is 293 g/mol. The number of nitrogens with zero attached hydrogens (tertiary/aromatic N) is 1. The van der Waals surface area contributed by atoms with Gasteiger partial charge in [-0.3, -0.25) is 0 Å². The van der Waals surface area contributed by atoms with E-state index in [1.165, 1.54) is 12.1 Å². The van der Waals surface area contributed by atoms with Crippen molar-refractivity contribution >= 4 is 17.3 Å². The highest BCUT2D eigenvalue weighted by atomic mass is 35.5. The van der Waals surface area contributed by atoms with E-state index >= 15 is 0 Å². The number of benzene rings is 1. The second kappa shape index (κ2) is 5.36. The molecule has 1 N–H and O–H groups in total. The Balaban J connectivity index is 2.30. The quantitative estimate of drug-likeness (QED) is 0.902. The van der Waals surface area contributed by atoms with Crippen LogP contribution in [0.4, 0.5) is 18.9 Å². The molecule has 0 saturated heterocycles. The largest absolute Gasteiger partial charge is 0.418 e. The van der Waals surface area contributed by atoms with Gasteiger partial charge in [-0.15, -0.1) is 0 Å². The number of para-hydroxylation sites is 1. The molecular formula is C13H12ClF3N2O. The van der Waals surface area contributed by atoms with Crippen molar-refractivity contribution in [2.75, 3.05) is 5.32 Å². The third-order valence-electron chi connectivity index (χ3n) is 2.94. The van der Waals surface area contributed by atoms with Gasteiger partial charge in [-0.2, -0.15) is 13.2 Å². The molecule has 2 aromatic rings. The van der Waals surface area contributed by atoms with Gasteiger partial charge in [-0.05, 0) is 26.0 Å². The molecule has 0 aliphatic carbocycles. The molecule has 0 aliphatic heterocycles. The topological polar surface area (TPSA) is 38.1 Å². The summed E-state index contributed by atoms with van der Waals surface area (Å²) in [6, 6.07) is 3.67. The zero-order chi connectivity index (χ0) is 14.9. The molecule has 0 unspecified atom stereocenters. The minimum atomic E-state index is -4.47. The van der Waals surface area contributed by atoms with E-state index in [1.807, 2.05) is 0 Å². The van der Waals surface area contributed by atoms with E-state index in [-0.39, 0.29) is 17.3 Å². The molecule has 0 saturated carbocycles. The lowest BCUT2D eigenvalue weighted by atomic mass is 10.1. The normalized spacial score (nSPS) is 11.7. The highest BCUT2D eigenvalue weighted by molar-refractivity contribution is 6.33. The summed E-state index contributed by atoms with van der Waals surface area (Å²) in [5.74, 6) is 0.565. The Morgan fingerprint density at radius 1 is 1.30 bits per heavy atom. The van der Waals surface area contributed by atoms with Crippen molar-refractivity contribution in [2.24, 2.45) is 0 Å². The van der Waals surface area contributed by atoms with Crippen LogP contribution in [-0.4, -0.2) is 5.16 Å². The zero-order valence-electron chi connectivity index (χ0n) is 10.8. The maximum absolute atomic E-state index is 12.9. The molecule has 1 aromatic heterocycles. The molecule has 3 nitrogen and oxygen atoms in total. The fraction of sp³-hybridized carbons (Fsp3) is 0.308. The van der Waals surface area contributed by atoms with Crippen LogP contribution in [0, 0.1) is 13.8 Å².